The van der Waals surface area contributed by atoms with Gasteiger partial charge in [0, 0.05) is 55.3 Å². The van der Waals surface area contributed by atoms with E-state index in [1.165, 1.54) is 0 Å². The molecule has 3 heterocycles. The quantitative estimate of drug-likeness (QED) is 0.303. The van der Waals surface area contributed by atoms with Gasteiger partial charge in [0.15, 0.2) is 0 Å². The Morgan fingerprint density at radius 1 is 1.05 bits per heavy atom. The standard InChI is InChI=1S/C30H32N6O/c1-4-35(21(3)37)16-14-20(2)18-27-34-28(29-30(31)32-15-17-36(27)29)24-11-10-23-12-13-25(33-26(23)19-24)22-8-6-5-7-9-22/h5-13,15,17,19-20H,4,14,16,18H2,1-3H3,(H2,31,32). The fourth-order valence-electron chi connectivity index (χ4n) is 4.83. The minimum absolute atomic E-state index is 0.113. The fourth-order valence-corrected chi connectivity index (χ4v) is 4.83. The number of pyridine rings is 1. The summed E-state index contributed by atoms with van der Waals surface area (Å²) in [6.45, 7) is 7.30. The van der Waals surface area contributed by atoms with Crippen molar-refractivity contribution in [1.82, 2.24) is 24.3 Å². The minimum atomic E-state index is 0.113. The number of carbonyl (C=O) groups is 1. The molecule has 1 amide bonds. The molecule has 2 N–H and O–H groups in total. The van der Waals surface area contributed by atoms with Gasteiger partial charge in [0.25, 0.3) is 0 Å². The van der Waals surface area contributed by atoms with Crippen molar-refractivity contribution in [3.8, 4) is 22.5 Å². The second-order valence-corrected chi connectivity index (χ2v) is 9.57. The van der Waals surface area contributed by atoms with Crippen molar-refractivity contribution in [3.05, 3.63) is 78.9 Å². The molecule has 0 spiro atoms. The first-order valence-corrected chi connectivity index (χ1v) is 12.8. The molecule has 0 saturated heterocycles. The van der Waals surface area contributed by atoms with Crippen molar-refractivity contribution >= 4 is 28.1 Å². The summed E-state index contributed by atoms with van der Waals surface area (Å²) in [5.41, 5.74) is 11.9. The topological polar surface area (TPSA) is 89.4 Å². The van der Waals surface area contributed by atoms with Crippen LogP contribution in [0.25, 0.3) is 38.9 Å². The number of benzene rings is 2. The second-order valence-electron chi connectivity index (χ2n) is 9.57. The predicted molar refractivity (Wildman–Crippen MR) is 149 cm³/mol. The number of hydrogen-bond acceptors (Lipinski definition) is 5. The normalized spacial score (nSPS) is 12.2. The van der Waals surface area contributed by atoms with Crippen LogP contribution in [0.2, 0.25) is 0 Å². The molecule has 7 heteroatoms. The maximum absolute atomic E-state index is 11.8. The molecule has 1 atom stereocenters. The lowest BCUT2D eigenvalue weighted by molar-refractivity contribution is -0.128. The Kier molecular flexibility index (Phi) is 6.86. The molecule has 1 unspecified atom stereocenters. The van der Waals surface area contributed by atoms with Crippen molar-refractivity contribution in [1.29, 1.82) is 0 Å². The highest BCUT2D eigenvalue weighted by atomic mass is 16.2. The van der Waals surface area contributed by atoms with Gasteiger partial charge in [0.1, 0.15) is 22.9 Å². The maximum atomic E-state index is 11.8. The molecule has 0 aliphatic heterocycles. The molecule has 0 fully saturated rings. The molecule has 0 saturated carbocycles. The maximum Gasteiger partial charge on any atom is 0.219 e. The Hall–Kier alpha value is -4.26. The highest BCUT2D eigenvalue weighted by Gasteiger charge is 2.19. The third-order valence-electron chi connectivity index (χ3n) is 6.94. The van der Waals surface area contributed by atoms with Crippen LogP contribution >= 0.6 is 0 Å². The summed E-state index contributed by atoms with van der Waals surface area (Å²) >= 11 is 0. The third-order valence-corrected chi connectivity index (χ3v) is 6.94. The van der Waals surface area contributed by atoms with Gasteiger partial charge in [0.2, 0.25) is 5.91 Å². The Morgan fingerprint density at radius 2 is 1.84 bits per heavy atom. The minimum Gasteiger partial charge on any atom is -0.382 e. The summed E-state index contributed by atoms with van der Waals surface area (Å²) in [7, 11) is 0. The van der Waals surface area contributed by atoms with Crippen LogP contribution in [0.4, 0.5) is 5.82 Å². The first kappa shape index (κ1) is 24.4. The van der Waals surface area contributed by atoms with Crippen LogP contribution in [-0.4, -0.2) is 43.2 Å². The van der Waals surface area contributed by atoms with E-state index in [9.17, 15) is 4.79 Å². The van der Waals surface area contributed by atoms with Crippen LogP contribution in [0.3, 0.4) is 0 Å². The highest BCUT2D eigenvalue weighted by Crippen LogP contribution is 2.31. The van der Waals surface area contributed by atoms with E-state index in [0.29, 0.717) is 11.7 Å². The predicted octanol–water partition coefficient (Wildman–Crippen LogP) is 5.63. The number of aromatic nitrogens is 4. The number of nitrogen functional groups attached to an aromatic ring is 1. The van der Waals surface area contributed by atoms with E-state index in [0.717, 1.165) is 70.7 Å². The zero-order chi connectivity index (χ0) is 25.9. The largest absolute Gasteiger partial charge is 0.382 e. The number of amides is 1. The average molecular weight is 493 g/mol. The van der Waals surface area contributed by atoms with Gasteiger partial charge in [-0.1, -0.05) is 55.5 Å². The van der Waals surface area contributed by atoms with E-state index in [2.05, 4.69) is 58.8 Å². The molecule has 3 aromatic heterocycles. The van der Waals surface area contributed by atoms with Crippen LogP contribution in [-0.2, 0) is 11.2 Å². The smallest absolute Gasteiger partial charge is 0.219 e. The summed E-state index contributed by atoms with van der Waals surface area (Å²) in [6, 6.07) is 20.6. The van der Waals surface area contributed by atoms with E-state index >= 15 is 0 Å². The van der Waals surface area contributed by atoms with Crippen molar-refractivity contribution in [3.63, 3.8) is 0 Å². The number of carbonyl (C=O) groups excluding carboxylic acids is 1. The molecule has 2 aromatic carbocycles. The van der Waals surface area contributed by atoms with Crippen LogP contribution in [0.15, 0.2) is 73.1 Å². The van der Waals surface area contributed by atoms with Gasteiger partial charge >= 0.3 is 0 Å². The summed E-state index contributed by atoms with van der Waals surface area (Å²) < 4.78 is 2.05. The molecule has 5 aromatic rings. The van der Waals surface area contributed by atoms with E-state index in [-0.39, 0.29) is 5.91 Å². The van der Waals surface area contributed by atoms with Gasteiger partial charge in [-0.2, -0.15) is 0 Å². The Morgan fingerprint density at radius 3 is 2.59 bits per heavy atom. The van der Waals surface area contributed by atoms with E-state index in [1.54, 1.807) is 13.1 Å². The van der Waals surface area contributed by atoms with Crippen LogP contribution in [0, 0.1) is 5.92 Å². The van der Waals surface area contributed by atoms with Crippen molar-refractivity contribution < 1.29 is 4.79 Å². The number of fused-ring (bicyclic) bond motifs is 2. The molecular weight excluding hydrogens is 460 g/mol. The Bertz CT molecular complexity index is 1560. The van der Waals surface area contributed by atoms with Gasteiger partial charge in [-0.3, -0.25) is 9.20 Å². The number of rotatable bonds is 8. The van der Waals surface area contributed by atoms with Crippen molar-refractivity contribution in [2.75, 3.05) is 18.8 Å². The second kappa shape index (κ2) is 10.4. The first-order chi connectivity index (χ1) is 17.9. The molecule has 188 valence electrons. The number of nitrogens with two attached hydrogens (primary N) is 1. The third kappa shape index (κ3) is 5.03. The van der Waals surface area contributed by atoms with Crippen LogP contribution in [0.5, 0.6) is 0 Å². The molecule has 0 aliphatic rings. The fraction of sp³-hybridized carbons (Fsp3) is 0.267. The molecule has 0 bridgehead atoms. The van der Waals surface area contributed by atoms with Crippen molar-refractivity contribution in [2.45, 2.75) is 33.6 Å². The van der Waals surface area contributed by atoms with Crippen LogP contribution < -0.4 is 5.73 Å². The van der Waals surface area contributed by atoms with Crippen molar-refractivity contribution in [2.24, 2.45) is 5.92 Å². The van der Waals surface area contributed by atoms with E-state index in [4.69, 9.17) is 15.7 Å². The van der Waals surface area contributed by atoms with E-state index in [1.807, 2.05) is 36.2 Å². The first-order valence-electron chi connectivity index (χ1n) is 12.8. The Balaban J connectivity index is 1.50. The van der Waals surface area contributed by atoms with Gasteiger partial charge in [-0.05, 0) is 31.4 Å². The lowest BCUT2D eigenvalue weighted by Gasteiger charge is -2.21. The molecular formula is C30H32N6O. The lowest BCUT2D eigenvalue weighted by Crippen LogP contribution is -2.30. The monoisotopic (exact) mass is 492 g/mol. The zero-order valence-electron chi connectivity index (χ0n) is 21.6. The van der Waals surface area contributed by atoms with Gasteiger partial charge < -0.3 is 10.6 Å². The number of imidazole rings is 1. The summed E-state index contributed by atoms with van der Waals surface area (Å²) in [5.74, 6) is 1.84. The molecule has 37 heavy (non-hydrogen) atoms. The van der Waals surface area contributed by atoms with Gasteiger partial charge in [0.05, 0.1) is 11.2 Å². The molecule has 0 radical (unpaired) electrons. The summed E-state index contributed by atoms with van der Waals surface area (Å²) in [5, 5.41) is 1.07. The number of anilines is 1. The number of hydrogen-bond donors (Lipinski definition) is 1. The average Bonchev–Trinajstić information content (AvgIpc) is 3.28. The summed E-state index contributed by atoms with van der Waals surface area (Å²) in [4.78, 5) is 28.0. The molecule has 5 rings (SSSR count). The lowest BCUT2D eigenvalue weighted by atomic mass is 10.0. The van der Waals surface area contributed by atoms with Crippen LogP contribution in [0.1, 0.15) is 33.0 Å². The number of nitrogens with zero attached hydrogens (tertiary/aromatic N) is 5. The molecule has 0 aliphatic carbocycles. The van der Waals surface area contributed by atoms with Gasteiger partial charge in [-0.25, -0.2) is 15.0 Å². The molecule has 7 nitrogen and oxygen atoms in total. The highest BCUT2D eigenvalue weighted by molar-refractivity contribution is 5.91. The van der Waals surface area contributed by atoms with E-state index < -0.39 is 0 Å². The summed E-state index contributed by atoms with van der Waals surface area (Å²) in [6.07, 6.45) is 5.31. The van der Waals surface area contributed by atoms with Gasteiger partial charge in [-0.15, -0.1) is 0 Å². The Labute approximate surface area is 217 Å². The zero-order valence-corrected chi connectivity index (χ0v) is 21.6. The SMILES string of the molecule is CCN(CCC(C)Cc1nc(-c2ccc3ccc(-c4ccccc4)nc3c2)c2c(N)nccn12)C(C)=O.